The first kappa shape index (κ1) is 13.4. The lowest BCUT2D eigenvalue weighted by Gasteiger charge is -2.30. The lowest BCUT2D eigenvalue weighted by Crippen LogP contribution is -2.50. The summed E-state index contributed by atoms with van der Waals surface area (Å²) in [5.41, 5.74) is 7.10. The molecule has 0 saturated heterocycles. The first-order valence-corrected chi connectivity index (χ1v) is 6.49. The van der Waals surface area contributed by atoms with Crippen LogP contribution in [0.25, 0.3) is 0 Å². The van der Waals surface area contributed by atoms with E-state index in [0.717, 1.165) is 17.7 Å². The van der Waals surface area contributed by atoms with Crippen LogP contribution in [-0.4, -0.2) is 22.9 Å². The van der Waals surface area contributed by atoms with E-state index in [-0.39, 0.29) is 11.8 Å². The molecule has 0 aromatic heterocycles. The summed E-state index contributed by atoms with van der Waals surface area (Å²) < 4.78 is 0. The third-order valence-corrected chi connectivity index (χ3v) is 3.69. The zero-order valence-electron chi connectivity index (χ0n) is 11.2. The number of hydrogen-bond donors (Lipinski definition) is 2. The number of hydrogen-bond acceptors (Lipinski definition) is 2. The quantitative estimate of drug-likeness (QED) is 0.853. The molecule has 2 rings (SSSR count). The highest BCUT2D eigenvalue weighted by molar-refractivity contribution is 5.98. The number of nitrogens with zero attached hydrogens (tertiary/aromatic N) is 1. The molecular weight excluding hydrogens is 242 g/mol. The normalized spacial score (nSPS) is 20.2. The molecule has 5 heteroatoms. The number of fused-ring (bicyclic) bond motifs is 1. The van der Waals surface area contributed by atoms with E-state index in [1.54, 1.807) is 0 Å². The Labute approximate surface area is 112 Å². The average molecular weight is 261 g/mol. The number of benzene rings is 1. The van der Waals surface area contributed by atoms with Gasteiger partial charge >= 0.3 is 6.03 Å². The first-order valence-electron chi connectivity index (χ1n) is 6.49. The zero-order chi connectivity index (χ0) is 14.0. The third-order valence-electron chi connectivity index (χ3n) is 3.69. The molecule has 3 N–H and O–H groups in total. The van der Waals surface area contributed by atoms with Crippen molar-refractivity contribution >= 4 is 17.6 Å². The molecule has 1 aliphatic rings. The van der Waals surface area contributed by atoms with E-state index in [2.05, 4.69) is 5.32 Å². The van der Waals surface area contributed by atoms with Crippen LogP contribution in [-0.2, 0) is 11.3 Å². The maximum atomic E-state index is 12.3. The molecule has 0 aliphatic carbocycles. The van der Waals surface area contributed by atoms with Crippen LogP contribution in [0.2, 0.25) is 0 Å². The molecule has 5 nitrogen and oxygen atoms in total. The SMILES string of the molecule is CC[C@H](C)[C@H]1C(=O)Nc2ccccc2CN1C(N)=O. The molecule has 1 aromatic rings. The second-order valence-corrected chi connectivity index (χ2v) is 4.94. The van der Waals surface area contributed by atoms with Crippen molar-refractivity contribution in [2.24, 2.45) is 11.7 Å². The Hall–Kier alpha value is -2.04. The fourth-order valence-corrected chi connectivity index (χ4v) is 2.41. The van der Waals surface area contributed by atoms with Crippen LogP contribution >= 0.6 is 0 Å². The van der Waals surface area contributed by atoms with E-state index in [0.29, 0.717) is 6.54 Å². The molecule has 1 aromatic carbocycles. The maximum absolute atomic E-state index is 12.3. The summed E-state index contributed by atoms with van der Waals surface area (Å²) in [5.74, 6) is -0.111. The van der Waals surface area contributed by atoms with Crippen molar-refractivity contribution in [3.05, 3.63) is 29.8 Å². The molecule has 0 fully saturated rings. The molecule has 102 valence electrons. The third kappa shape index (κ3) is 2.54. The summed E-state index contributed by atoms with van der Waals surface area (Å²) in [6.07, 6.45) is 0.804. The van der Waals surface area contributed by atoms with Gasteiger partial charge in [0, 0.05) is 5.69 Å². The van der Waals surface area contributed by atoms with Gasteiger partial charge in [0.2, 0.25) is 5.91 Å². The average Bonchev–Trinajstić information content (AvgIpc) is 2.53. The molecule has 1 aliphatic heterocycles. The zero-order valence-corrected chi connectivity index (χ0v) is 11.2. The lowest BCUT2D eigenvalue weighted by molar-refractivity contribution is -0.121. The fourth-order valence-electron chi connectivity index (χ4n) is 2.41. The predicted octanol–water partition coefficient (Wildman–Crippen LogP) is 1.93. The molecule has 0 bridgehead atoms. The minimum Gasteiger partial charge on any atom is -0.351 e. The summed E-state index contributed by atoms with van der Waals surface area (Å²) in [4.78, 5) is 25.4. The predicted molar refractivity (Wildman–Crippen MR) is 73.4 cm³/mol. The van der Waals surface area contributed by atoms with E-state index < -0.39 is 12.1 Å². The number of urea groups is 1. The van der Waals surface area contributed by atoms with Gasteiger partial charge in [-0.1, -0.05) is 38.5 Å². The van der Waals surface area contributed by atoms with Crippen molar-refractivity contribution in [2.45, 2.75) is 32.9 Å². The Morgan fingerprint density at radius 1 is 1.53 bits per heavy atom. The van der Waals surface area contributed by atoms with Crippen LogP contribution in [0.1, 0.15) is 25.8 Å². The molecule has 3 amide bonds. The number of primary amides is 1. The Kier molecular flexibility index (Phi) is 3.74. The number of nitrogens with two attached hydrogens (primary N) is 1. The largest absolute Gasteiger partial charge is 0.351 e. The van der Waals surface area contributed by atoms with E-state index in [4.69, 9.17) is 5.73 Å². The second-order valence-electron chi connectivity index (χ2n) is 4.94. The molecule has 0 spiro atoms. The monoisotopic (exact) mass is 261 g/mol. The standard InChI is InChI=1S/C14H19N3O2/c1-3-9(2)12-13(18)16-11-7-5-4-6-10(11)8-17(12)14(15)19/h4-7,9,12H,3,8H2,1-2H3,(H2,15,19)(H,16,18)/t9-,12-/m0/s1. The molecule has 0 radical (unpaired) electrons. The summed E-state index contributed by atoms with van der Waals surface area (Å²) >= 11 is 0. The fraction of sp³-hybridized carbons (Fsp3) is 0.429. The van der Waals surface area contributed by atoms with Gasteiger partial charge in [0.1, 0.15) is 6.04 Å². The van der Waals surface area contributed by atoms with Crippen LogP contribution in [0.15, 0.2) is 24.3 Å². The van der Waals surface area contributed by atoms with Crippen LogP contribution in [0.4, 0.5) is 10.5 Å². The van der Waals surface area contributed by atoms with Crippen LogP contribution in [0.5, 0.6) is 0 Å². The minimum atomic E-state index is -0.558. The Bertz CT molecular complexity index is 501. The number of carbonyl (C=O) groups excluding carboxylic acids is 2. The van der Waals surface area contributed by atoms with Gasteiger partial charge in [0.15, 0.2) is 0 Å². The lowest BCUT2D eigenvalue weighted by atomic mass is 9.97. The summed E-state index contributed by atoms with van der Waals surface area (Å²) in [6.45, 7) is 4.31. The second kappa shape index (κ2) is 5.30. The summed E-state index contributed by atoms with van der Waals surface area (Å²) in [5, 5.41) is 2.88. The van der Waals surface area contributed by atoms with E-state index in [9.17, 15) is 9.59 Å². The van der Waals surface area contributed by atoms with Crippen molar-refractivity contribution < 1.29 is 9.59 Å². The summed E-state index contributed by atoms with van der Waals surface area (Å²) in [7, 11) is 0. The molecule has 19 heavy (non-hydrogen) atoms. The highest BCUT2D eigenvalue weighted by Crippen LogP contribution is 2.26. The van der Waals surface area contributed by atoms with E-state index in [1.807, 2.05) is 38.1 Å². The topological polar surface area (TPSA) is 75.4 Å². The smallest absolute Gasteiger partial charge is 0.315 e. The van der Waals surface area contributed by atoms with Crippen LogP contribution in [0, 0.1) is 5.92 Å². The summed E-state index contributed by atoms with van der Waals surface area (Å²) in [6, 6.07) is 6.40. The molecule has 0 saturated carbocycles. The highest BCUT2D eigenvalue weighted by atomic mass is 16.2. The minimum absolute atomic E-state index is 0.0572. The van der Waals surface area contributed by atoms with Crippen LogP contribution in [0.3, 0.4) is 0 Å². The number of rotatable bonds is 2. The van der Waals surface area contributed by atoms with E-state index in [1.165, 1.54) is 4.90 Å². The van der Waals surface area contributed by atoms with Gasteiger partial charge in [-0.3, -0.25) is 4.79 Å². The molecular formula is C14H19N3O2. The highest BCUT2D eigenvalue weighted by Gasteiger charge is 2.35. The van der Waals surface area contributed by atoms with Gasteiger partial charge in [0.05, 0.1) is 6.54 Å². The molecule has 2 atom stereocenters. The number of anilines is 1. The van der Waals surface area contributed by atoms with Gasteiger partial charge in [-0.15, -0.1) is 0 Å². The van der Waals surface area contributed by atoms with Gasteiger partial charge < -0.3 is 16.0 Å². The number of carbonyl (C=O) groups is 2. The Morgan fingerprint density at radius 3 is 2.84 bits per heavy atom. The van der Waals surface area contributed by atoms with Crippen molar-refractivity contribution in [1.82, 2.24) is 4.90 Å². The van der Waals surface area contributed by atoms with Gasteiger partial charge in [-0.05, 0) is 17.5 Å². The van der Waals surface area contributed by atoms with Gasteiger partial charge in [0.25, 0.3) is 0 Å². The van der Waals surface area contributed by atoms with Crippen molar-refractivity contribution in [1.29, 1.82) is 0 Å². The molecule has 1 heterocycles. The van der Waals surface area contributed by atoms with Crippen molar-refractivity contribution in [3.63, 3.8) is 0 Å². The number of para-hydroxylation sites is 1. The maximum Gasteiger partial charge on any atom is 0.315 e. The van der Waals surface area contributed by atoms with Gasteiger partial charge in [-0.25, -0.2) is 4.79 Å². The van der Waals surface area contributed by atoms with E-state index >= 15 is 0 Å². The first-order chi connectivity index (χ1) is 9.04. The van der Waals surface area contributed by atoms with Gasteiger partial charge in [-0.2, -0.15) is 0 Å². The molecule has 0 unspecified atom stereocenters. The van der Waals surface area contributed by atoms with Crippen molar-refractivity contribution in [3.8, 4) is 0 Å². The van der Waals surface area contributed by atoms with Crippen LogP contribution < -0.4 is 11.1 Å². The van der Waals surface area contributed by atoms with Crippen molar-refractivity contribution in [2.75, 3.05) is 5.32 Å². The number of nitrogens with one attached hydrogen (secondary N) is 1. The Morgan fingerprint density at radius 2 is 2.21 bits per heavy atom. The Balaban J connectivity index is 2.42. The number of amides is 3.